The second kappa shape index (κ2) is 8.45. The fourth-order valence-corrected chi connectivity index (χ4v) is 2.54. The lowest BCUT2D eigenvalue weighted by atomic mass is 10.1. The van der Waals surface area contributed by atoms with Crippen molar-refractivity contribution in [3.8, 4) is 11.5 Å². The first-order valence-electron chi connectivity index (χ1n) is 8.78. The monoisotopic (exact) mass is 364 g/mol. The van der Waals surface area contributed by atoms with E-state index in [0.717, 1.165) is 11.3 Å². The Balaban J connectivity index is 1.62. The average Bonchev–Trinajstić information content (AvgIpc) is 2.68. The summed E-state index contributed by atoms with van der Waals surface area (Å²) < 4.78 is 19.3. The van der Waals surface area contributed by atoms with Crippen molar-refractivity contribution in [2.75, 3.05) is 0 Å². The van der Waals surface area contributed by atoms with Crippen LogP contribution < -0.4 is 10.1 Å². The molecule has 2 aromatic carbocycles. The number of nitrogens with zero attached hydrogens (tertiary/aromatic N) is 1. The van der Waals surface area contributed by atoms with E-state index in [1.165, 1.54) is 6.07 Å². The van der Waals surface area contributed by atoms with Crippen LogP contribution in [0.4, 0.5) is 4.39 Å². The molecular weight excluding hydrogens is 343 g/mol. The molecule has 0 atom stereocenters. The standard InChI is InChI=1S/C22H21FN2O2/c1-15(2)20-11-10-17(14-24-20)22(26)25-13-16-6-5-7-18(12-16)27-21-9-4-3-8-19(21)23/h3-12,14-15H,13H2,1-2H3,(H,25,26). The molecule has 3 rings (SSSR count). The van der Waals surface area contributed by atoms with Crippen LogP contribution in [0.2, 0.25) is 0 Å². The van der Waals surface area contributed by atoms with E-state index in [2.05, 4.69) is 24.1 Å². The molecule has 1 amide bonds. The van der Waals surface area contributed by atoms with E-state index in [1.807, 2.05) is 12.1 Å². The summed E-state index contributed by atoms with van der Waals surface area (Å²) in [5.41, 5.74) is 2.31. The molecule has 4 nitrogen and oxygen atoms in total. The third kappa shape index (κ3) is 4.91. The van der Waals surface area contributed by atoms with Gasteiger partial charge in [-0.1, -0.05) is 38.1 Å². The number of hydrogen-bond acceptors (Lipinski definition) is 3. The second-order valence-corrected chi connectivity index (χ2v) is 6.49. The van der Waals surface area contributed by atoms with Crippen LogP contribution in [-0.4, -0.2) is 10.9 Å². The molecular formula is C22H21FN2O2. The zero-order valence-corrected chi connectivity index (χ0v) is 15.3. The maximum absolute atomic E-state index is 13.7. The molecule has 0 aliphatic heterocycles. The molecule has 0 bridgehead atoms. The third-order valence-electron chi connectivity index (χ3n) is 4.06. The van der Waals surface area contributed by atoms with Gasteiger partial charge < -0.3 is 10.1 Å². The van der Waals surface area contributed by atoms with E-state index in [9.17, 15) is 9.18 Å². The van der Waals surface area contributed by atoms with Crippen LogP contribution >= 0.6 is 0 Å². The van der Waals surface area contributed by atoms with Gasteiger partial charge in [0.2, 0.25) is 0 Å². The molecule has 1 heterocycles. The van der Waals surface area contributed by atoms with Gasteiger partial charge in [-0.15, -0.1) is 0 Å². The topological polar surface area (TPSA) is 51.2 Å². The highest BCUT2D eigenvalue weighted by atomic mass is 19.1. The summed E-state index contributed by atoms with van der Waals surface area (Å²) in [6, 6.07) is 17.1. The highest BCUT2D eigenvalue weighted by Crippen LogP contribution is 2.24. The number of carbonyl (C=O) groups excluding carboxylic acids is 1. The third-order valence-corrected chi connectivity index (χ3v) is 4.06. The lowest BCUT2D eigenvalue weighted by molar-refractivity contribution is 0.0950. The zero-order valence-electron chi connectivity index (χ0n) is 15.3. The number of aromatic nitrogens is 1. The van der Waals surface area contributed by atoms with E-state index in [0.29, 0.717) is 23.8 Å². The number of pyridine rings is 1. The number of nitrogens with one attached hydrogen (secondary N) is 1. The predicted molar refractivity (Wildman–Crippen MR) is 102 cm³/mol. The Hall–Kier alpha value is -3.21. The molecule has 138 valence electrons. The van der Waals surface area contributed by atoms with Crippen LogP contribution in [0.5, 0.6) is 11.5 Å². The van der Waals surface area contributed by atoms with Crippen LogP contribution in [0.15, 0.2) is 66.9 Å². The number of para-hydroxylation sites is 1. The number of amides is 1. The number of hydrogen-bond donors (Lipinski definition) is 1. The lowest BCUT2D eigenvalue weighted by Gasteiger charge is -2.10. The second-order valence-electron chi connectivity index (χ2n) is 6.49. The largest absolute Gasteiger partial charge is 0.454 e. The Morgan fingerprint density at radius 2 is 1.93 bits per heavy atom. The molecule has 0 saturated heterocycles. The Labute approximate surface area is 158 Å². The number of rotatable bonds is 6. The summed E-state index contributed by atoms with van der Waals surface area (Å²) in [4.78, 5) is 16.6. The quantitative estimate of drug-likeness (QED) is 0.665. The Bertz CT molecular complexity index is 924. The summed E-state index contributed by atoms with van der Waals surface area (Å²) in [6.45, 7) is 4.44. The minimum Gasteiger partial charge on any atom is -0.454 e. The number of halogens is 1. The molecule has 5 heteroatoms. The highest BCUT2D eigenvalue weighted by Gasteiger charge is 2.08. The summed E-state index contributed by atoms with van der Waals surface area (Å²) in [5, 5.41) is 2.86. The summed E-state index contributed by atoms with van der Waals surface area (Å²) in [6.07, 6.45) is 1.59. The van der Waals surface area contributed by atoms with E-state index in [1.54, 1.807) is 48.7 Å². The molecule has 0 radical (unpaired) electrons. The van der Waals surface area contributed by atoms with Crippen molar-refractivity contribution in [2.45, 2.75) is 26.3 Å². The molecule has 0 fully saturated rings. The van der Waals surface area contributed by atoms with E-state index in [4.69, 9.17) is 4.74 Å². The van der Waals surface area contributed by atoms with Gasteiger partial charge >= 0.3 is 0 Å². The maximum Gasteiger partial charge on any atom is 0.253 e. The van der Waals surface area contributed by atoms with Gasteiger partial charge in [0.25, 0.3) is 5.91 Å². The molecule has 1 N–H and O–H groups in total. The first-order valence-corrected chi connectivity index (χ1v) is 8.78. The number of benzene rings is 2. The van der Waals surface area contributed by atoms with Gasteiger partial charge in [-0.3, -0.25) is 9.78 Å². The van der Waals surface area contributed by atoms with Gasteiger partial charge in [-0.05, 0) is 47.9 Å². The van der Waals surface area contributed by atoms with Crippen molar-refractivity contribution in [3.05, 3.63) is 89.5 Å². The fourth-order valence-electron chi connectivity index (χ4n) is 2.54. The van der Waals surface area contributed by atoms with Crippen molar-refractivity contribution in [1.82, 2.24) is 10.3 Å². The molecule has 0 saturated carbocycles. The van der Waals surface area contributed by atoms with Gasteiger partial charge in [0.1, 0.15) is 5.75 Å². The number of carbonyl (C=O) groups is 1. The van der Waals surface area contributed by atoms with Crippen molar-refractivity contribution in [2.24, 2.45) is 0 Å². The van der Waals surface area contributed by atoms with Gasteiger partial charge in [-0.25, -0.2) is 4.39 Å². The van der Waals surface area contributed by atoms with Crippen LogP contribution in [0.25, 0.3) is 0 Å². The van der Waals surface area contributed by atoms with Gasteiger partial charge in [0, 0.05) is 18.4 Å². The highest BCUT2D eigenvalue weighted by molar-refractivity contribution is 5.93. The normalized spacial score (nSPS) is 10.7. The van der Waals surface area contributed by atoms with Crippen molar-refractivity contribution in [1.29, 1.82) is 0 Å². The summed E-state index contributed by atoms with van der Waals surface area (Å²) in [7, 11) is 0. The van der Waals surface area contributed by atoms with Crippen molar-refractivity contribution >= 4 is 5.91 Å². The van der Waals surface area contributed by atoms with Gasteiger partial charge in [0.15, 0.2) is 11.6 Å². The van der Waals surface area contributed by atoms with E-state index in [-0.39, 0.29) is 11.7 Å². The molecule has 0 aliphatic carbocycles. The van der Waals surface area contributed by atoms with Crippen molar-refractivity contribution < 1.29 is 13.9 Å². The molecule has 27 heavy (non-hydrogen) atoms. The molecule has 0 spiro atoms. The Morgan fingerprint density at radius 3 is 2.63 bits per heavy atom. The van der Waals surface area contributed by atoms with Crippen LogP contribution in [-0.2, 0) is 6.54 Å². The summed E-state index contributed by atoms with van der Waals surface area (Å²) in [5.74, 6) is 0.371. The van der Waals surface area contributed by atoms with E-state index < -0.39 is 5.82 Å². The minimum absolute atomic E-state index is 0.162. The Kier molecular flexibility index (Phi) is 5.81. The molecule has 3 aromatic rings. The van der Waals surface area contributed by atoms with Gasteiger partial charge in [-0.2, -0.15) is 0 Å². The predicted octanol–water partition coefficient (Wildman–Crippen LogP) is 5.07. The Morgan fingerprint density at radius 1 is 1.11 bits per heavy atom. The lowest BCUT2D eigenvalue weighted by Crippen LogP contribution is -2.23. The fraction of sp³-hybridized carbons (Fsp3) is 0.182. The van der Waals surface area contributed by atoms with Crippen LogP contribution in [0, 0.1) is 5.82 Å². The smallest absolute Gasteiger partial charge is 0.253 e. The zero-order chi connectivity index (χ0) is 19.2. The SMILES string of the molecule is CC(C)c1ccc(C(=O)NCc2cccc(Oc3ccccc3F)c2)cn1. The van der Waals surface area contributed by atoms with Crippen molar-refractivity contribution in [3.63, 3.8) is 0 Å². The summed E-state index contributed by atoms with van der Waals surface area (Å²) >= 11 is 0. The van der Waals surface area contributed by atoms with Gasteiger partial charge in [0.05, 0.1) is 5.56 Å². The van der Waals surface area contributed by atoms with E-state index >= 15 is 0 Å². The van der Waals surface area contributed by atoms with Crippen LogP contribution in [0.3, 0.4) is 0 Å². The first-order chi connectivity index (χ1) is 13.0. The molecule has 0 aliphatic rings. The minimum atomic E-state index is -0.423. The maximum atomic E-state index is 13.7. The molecule has 0 unspecified atom stereocenters. The number of ether oxygens (including phenoxy) is 1. The first kappa shape index (κ1) is 18.6. The average molecular weight is 364 g/mol. The van der Waals surface area contributed by atoms with Crippen LogP contribution in [0.1, 0.15) is 41.4 Å². The molecule has 1 aromatic heterocycles.